The summed E-state index contributed by atoms with van der Waals surface area (Å²) in [7, 11) is -4.60. The Labute approximate surface area is 229 Å². The first-order chi connectivity index (χ1) is 19.0. The molecule has 0 saturated heterocycles. The standard InChI is InChI=1S/C29H28F3N3O4S/c1-4-6-7-25-34-28(36)26(29(37)35(25)24(5-2)19-14-20(30)16-21(31)15-19)40(38,39)22-10-8-18(9-11-22)23-12-13-33-27(32)17(23)3/h8-16,24,37H,4-7H2,1-3H3. The van der Waals surface area contributed by atoms with Crippen LogP contribution in [0.3, 0.4) is 0 Å². The Bertz CT molecular complexity index is 1700. The summed E-state index contributed by atoms with van der Waals surface area (Å²) >= 11 is 0. The van der Waals surface area contributed by atoms with Crippen molar-refractivity contribution in [2.24, 2.45) is 0 Å². The number of pyridine rings is 1. The number of nitrogens with zero attached hydrogens (tertiary/aromatic N) is 3. The van der Waals surface area contributed by atoms with E-state index in [2.05, 4.69) is 9.97 Å². The minimum absolute atomic E-state index is 0.102. The number of benzene rings is 2. The summed E-state index contributed by atoms with van der Waals surface area (Å²) < 4.78 is 70.7. The Kier molecular flexibility index (Phi) is 8.43. The maximum Gasteiger partial charge on any atom is 0.296 e. The highest BCUT2D eigenvalue weighted by Crippen LogP contribution is 2.34. The molecule has 1 unspecified atom stereocenters. The summed E-state index contributed by atoms with van der Waals surface area (Å²) in [6.45, 7) is 5.15. The van der Waals surface area contributed by atoms with Gasteiger partial charge in [-0.3, -0.25) is 9.36 Å². The molecule has 0 amide bonds. The van der Waals surface area contributed by atoms with Crippen LogP contribution in [0, 0.1) is 24.5 Å². The Morgan fingerprint density at radius 1 is 1.00 bits per heavy atom. The molecule has 0 saturated carbocycles. The van der Waals surface area contributed by atoms with Crippen LogP contribution < -0.4 is 5.56 Å². The summed E-state index contributed by atoms with van der Waals surface area (Å²) in [6, 6.07) is 8.97. The Morgan fingerprint density at radius 3 is 2.25 bits per heavy atom. The van der Waals surface area contributed by atoms with Crippen molar-refractivity contribution in [3.05, 3.63) is 99.6 Å². The lowest BCUT2D eigenvalue weighted by Gasteiger charge is -2.25. The van der Waals surface area contributed by atoms with Gasteiger partial charge in [-0.25, -0.2) is 22.2 Å². The normalized spacial score (nSPS) is 12.4. The van der Waals surface area contributed by atoms with Gasteiger partial charge in [0.1, 0.15) is 17.5 Å². The van der Waals surface area contributed by atoms with Crippen LogP contribution >= 0.6 is 0 Å². The van der Waals surface area contributed by atoms with Crippen molar-refractivity contribution in [2.45, 2.75) is 62.3 Å². The zero-order valence-corrected chi connectivity index (χ0v) is 23.0. The quantitative estimate of drug-likeness (QED) is 0.251. The van der Waals surface area contributed by atoms with Gasteiger partial charge < -0.3 is 5.11 Å². The molecule has 210 valence electrons. The molecule has 0 aliphatic rings. The highest BCUT2D eigenvalue weighted by Gasteiger charge is 2.32. The van der Waals surface area contributed by atoms with Crippen molar-refractivity contribution in [1.29, 1.82) is 0 Å². The second kappa shape index (κ2) is 11.6. The zero-order valence-electron chi connectivity index (χ0n) is 22.2. The van der Waals surface area contributed by atoms with Crippen LogP contribution in [0.5, 0.6) is 5.88 Å². The molecule has 2 heterocycles. The molecule has 0 radical (unpaired) electrons. The highest BCUT2D eigenvalue weighted by molar-refractivity contribution is 7.91. The molecule has 0 aliphatic heterocycles. The number of aromatic nitrogens is 3. The summed E-state index contributed by atoms with van der Waals surface area (Å²) in [5, 5.41) is 11.4. The molecule has 0 spiro atoms. The molecule has 1 N–H and O–H groups in total. The van der Waals surface area contributed by atoms with Gasteiger partial charge in [0.2, 0.25) is 21.7 Å². The van der Waals surface area contributed by atoms with E-state index in [1.54, 1.807) is 19.9 Å². The van der Waals surface area contributed by atoms with E-state index in [-0.39, 0.29) is 34.7 Å². The lowest BCUT2D eigenvalue weighted by atomic mass is 10.0. The molecule has 7 nitrogen and oxygen atoms in total. The molecule has 0 aliphatic carbocycles. The number of rotatable bonds is 9. The van der Waals surface area contributed by atoms with Gasteiger partial charge in [0.05, 0.1) is 10.9 Å². The predicted molar refractivity (Wildman–Crippen MR) is 143 cm³/mol. The maximum atomic E-state index is 14.1. The molecule has 11 heteroatoms. The monoisotopic (exact) mass is 571 g/mol. The Morgan fingerprint density at radius 2 is 1.65 bits per heavy atom. The van der Waals surface area contributed by atoms with Gasteiger partial charge in [0, 0.05) is 24.2 Å². The first-order valence-electron chi connectivity index (χ1n) is 12.8. The van der Waals surface area contributed by atoms with Crippen molar-refractivity contribution >= 4 is 9.84 Å². The first kappa shape index (κ1) is 29.0. The summed E-state index contributed by atoms with van der Waals surface area (Å²) in [5.74, 6) is -3.09. The average Bonchev–Trinajstić information content (AvgIpc) is 2.90. The number of hydrogen-bond acceptors (Lipinski definition) is 6. The van der Waals surface area contributed by atoms with E-state index in [9.17, 15) is 31.5 Å². The van der Waals surface area contributed by atoms with Gasteiger partial charge in [0.25, 0.3) is 5.56 Å². The SMILES string of the molecule is CCCCc1nc(=O)c(S(=O)(=O)c2ccc(-c3ccnc(F)c3C)cc2)c(O)n1C(CC)c1cc(F)cc(F)c1. The van der Waals surface area contributed by atoms with Crippen molar-refractivity contribution in [1.82, 2.24) is 14.5 Å². The number of aryl methyl sites for hydroxylation is 1. The molecule has 40 heavy (non-hydrogen) atoms. The predicted octanol–water partition coefficient (Wildman–Crippen LogP) is 5.91. The van der Waals surface area contributed by atoms with Crippen LogP contribution in [0.4, 0.5) is 13.2 Å². The van der Waals surface area contributed by atoms with E-state index < -0.39 is 49.8 Å². The van der Waals surface area contributed by atoms with Crippen LogP contribution in [-0.4, -0.2) is 28.1 Å². The molecule has 1 atom stereocenters. The number of sulfone groups is 1. The largest absolute Gasteiger partial charge is 0.493 e. The third-order valence-corrected chi connectivity index (χ3v) is 8.53. The minimum atomic E-state index is -4.60. The highest BCUT2D eigenvalue weighted by atomic mass is 32.2. The summed E-state index contributed by atoms with van der Waals surface area (Å²) in [5.41, 5.74) is 0.315. The summed E-state index contributed by atoms with van der Waals surface area (Å²) in [6.07, 6.45) is 3.02. The molecule has 2 aromatic carbocycles. The van der Waals surface area contributed by atoms with Crippen LogP contribution in [-0.2, 0) is 16.3 Å². The fraction of sp³-hybridized carbons (Fsp3) is 0.276. The van der Waals surface area contributed by atoms with E-state index in [1.807, 2.05) is 6.92 Å². The molecule has 4 aromatic rings. The fourth-order valence-electron chi connectivity index (χ4n) is 4.71. The molecule has 4 rings (SSSR count). The lowest BCUT2D eigenvalue weighted by molar-refractivity contribution is 0.357. The van der Waals surface area contributed by atoms with Crippen molar-refractivity contribution in [3.8, 4) is 17.0 Å². The average molecular weight is 572 g/mol. The van der Waals surface area contributed by atoms with Gasteiger partial charge in [0.15, 0.2) is 4.90 Å². The minimum Gasteiger partial charge on any atom is -0.493 e. The Balaban J connectivity index is 1.88. The molecular weight excluding hydrogens is 543 g/mol. The zero-order chi connectivity index (χ0) is 29.2. The third-order valence-electron chi connectivity index (χ3n) is 6.74. The van der Waals surface area contributed by atoms with E-state index in [1.165, 1.54) is 35.0 Å². The van der Waals surface area contributed by atoms with E-state index in [4.69, 9.17) is 0 Å². The van der Waals surface area contributed by atoms with E-state index in [0.29, 0.717) is 23.6 Å². The van der Waals surface area contributed by atoms with Crippen molar-refractivity contribution in [2.75, 3.05) is 0 Å². The third kappa shape index (κ3) is 5.51. The smallest absolute Gasteiger partial charge is 0.296 e. The van der Waals surface area contributed by atoms with E-state index >= 15 is 0 Å². The van der Waals surface area contributed by atoms with Crippen molar-refractivity contribution < 1.29 is 26.7 Å². The second-order valence-electron chi connectivity index (χ2n) is 9.39. The number of halogens is 3. The lowest BCUT2D eigenvalue weighted by Crippen LogP contribution is -2.27. The number of unbranched alkanes of at least 4 members (excludes halogenated alkanes) is 1. The number of aromatic hydroxyl groups is 1. The topological polar surface area (TPSA) is 102 Å². The summed E-state index contributed by atoms with van der Waals surface area (Å²) in [4.78, 5) is 19.5. The second-order valence-corrected chi connectivity index (χ2v) is 11.3. The number of hydrogen-bond donors (Lipinski definition) is 1. The first-order valence-corrected chi connectivity index (χ1v) is 14.2. The maximum absolute atomic E-state index is 14.1. The van der Waals surface area contributed by atoms with Crippen molar-refractivity contribution in [3.63, 3.8) is 0 Å². The van der Waals surface area contributed by atoms with E-state index in [0.717, 1.165) is 18.6 Å². The van der Waals surface area contributed by atoms with Crippen LogP contribution in [0.2, 0.25) is 0 Å². The van der Waals surface area contributed by atoms with Crippen LogP contribution in [0.15, 0.2) is 69.3 Å². The fourth-order valence-corrected chi connectivity index (χ4v) is 6.06. The van der Waals surface area contributed by atoms with Gasteiger partial charge in [-0.2, -0.15) is 9.37 Å². The van der Waals surface area contributed by atoms with Gasteiger partial charge >= 0.3 is 0 Å². The van der Waals surface area contributed by atoms with Gasteiger partial charge in [-0.15, -0.1) is 0 Å². The Hall–Kier alpha value is -3.99. The molecule has 0 bridgehead atoms. The van der Waals surface area contributed by atoms with Gasteiger partial charge in [-0.05, 0) is 66.8 Å². The molecule has 0 fully saturated rings. The van der Waals surface area contributed by atoms with Gasteiger partial charge in [-0.1, -0.05) is 32.4 Å². The molecule has 2 aromatic heterocycles. The molecular formula is C29H28F3N3O4S. The van der Waals surface area contributed by atoms with Crippen LogP contribution in [0.25, 0.3) is 11.1 Å². The van der Waals surface area contributed by atoms with Crippen LogP contribution in [0.1, 0.15) is 56.1 Å².